The first-order chi connectivity index (χ1) is 10.1. The van der Waals surface area contributed by atoms with Crippen LogP contribution in [0.25, 0.3) is 17.0 Å². The molecule has 3 aromatic rings. The summed E-state index contributed by atoms with van der Waals surface area (Å²) in [5.74, 6) is -0.221. The van der Waals surface area contributed by atoms with Crippen LogP contribution in [0.4, 0.5) is 5.95 Å². The van der Waals surface area contributed by atoms with Crippen molar-refractivity contribution in [2.45, 2.75) is 0 Å². The third kappa shape index (κ3) is 2.17. The van der Waals surface area contributed by atoms with Crippen LogP contribution in [0.5, 0.6) is 0 Å². The summed E-state index contributed by atoms with van der Waals surface area (Å²) in [5, 5.41) is 8.12. The lowest BCUT2D eigenvalue weighted by molar-refractivity contribution is 0.0594. The summed E-state index contributed by atoms with van der Waals surface area (Å²) < 4.78 is 6.21. The summed E-state index contributed by atoms with van der Waals surface area (Å²) in [7, 11) is 1.28. The maximum atomic E-state index is 11.7. The number of halogens is 1. The molecular formula is C13H10ClN5O2. The minimum atomic E-state index is -0.577. The Bertz CT molecular complexity index is 846. The number of ether oxygens (including phenoxy) is 1. The predicted octanol–water partition coefficient (Wildman–Crippen LogP) is 1.81. The second-order valence-electron chi connectivity index (χ2n) is 4.19. The number of carbonyl (C=O) groups excluding carboxylic acids is 1. The van der Waals surface area contributed by atoms with Gasteiger partial charge in [-0.15, -0.1) is 10.2 Å². The molecule has 7 nitrogen and oxygen atoms in total. The second kappa shape index (κ2) is 5.02. The molecule has 3 rings (SSSR count). The van der Waals surface area contributed by atoms with Gasteiger partial charge < -0.3 is 10.5 Å². The first-order valence-electron chi connectivity index (χ1n) is 5.96. The molecule has 0 amide bonds. The number of nitrogens with zero attached hydrogens (tertiary/aromatic N) is 4. The third-order valence-electron chi connectivity index (χ3n) is 2.95. The van der Waals surface area contributed by atoms with Gasteiger partial charge in [0.1, 0.15) is 0 Å². The van der Waals surface area contributed by atoms with Gasteiger partial charge in [-0.05, 0) is 12.1 Å². The number of carbonyl (C=O) groups is 1. The number of anilines is 1. The van der Waals surface area contributed by atoms with Gasteiger partial charge in [0.2, 0.25) is 5.95 Å². The Balaban J connectivity index is 2.36. The molecule has 8 heteroatoms. The van der Waals surface area contributed by atoms with E-state index in [2.05, 4.69) is 19.9 Å². The number of rotatable bonds is 2. The molecule has 106 valence electrons. The average molecular weight is 304 g/mol. The summed E-state index contributed by atoms with van der Waals surface area (Å²) in [5.41, 5.74) is 7.16. The van der Waals surface area contributed by atoms with Crippen LogP contribution < -0.4 is 5.73 Å². The monoisotopic (exact) mass is 303 g/mol. The van der Waals surface area contributed by atoms with Gasteiger partial charge in [-0.2, -0.15) is 0 Å². The fraction of sp³-hybridized carbons (Fsp3) is 0.0769. The highest BCUT2D eigenvalue weighted by Crippen LogP contribution is 2.29. The van der Waals surface area contributed by atoms with Crippen molar-refractivity contribution in [1.29, 1.82) is 0 Å². The maximum absolute atomic E-state index is 11.7. The van der Waals surface area contributed by atoms with Gasteiger partial charge >= 0.3 is 5.97 Å². The number of fused-ring (bicyclic) bond motifs is 1. The predicted molar refractivity (Wildman–Crippen MR) is 77.0 cm³/mol. The van der Waals surface area contributed by atoms with Gasteiger partial charge in [0.15, 0.2) is 5.69 Å². The van der Waals surface area contributed by atoms with Gasteiger partial charge in [-0.3, -0.25) is 0 Å². The molecule has 0 aliphatic rings. The number of esters is 1. The Morgan fingerprint density at radius 3 is 2.81 bits per heavy atom. The molecule has 2 heterocycles. The van der Waals surface area contributed by atoms with Crippen molar-refractivity contribution in [3.63, 3.8) is 0 Å². The topological polar surface area (TPSA) is 95.4 Å². The molecule has 0 atom stereocenters. The largest absolute Gasteiger partial charge is 0.464 e. The van der Waals surface area contributed by atoms with Crippen LogP contribution in [-0.4, -0.2) is 32.7 Å². The Hall–Kier alpha value is -2.67. The average Bonchev–Trinajstić information content (AvgIpc) is 2.88. The maximum Gasteiger partial charge on any atom is 0.356 e. The first kappa shape index (κ1) is 13.3. The zero-order valence-electron chi connectivity index (χ0n) is 10.9. The van der Waals surface area contributed by atoms with E-state index in [1.54, 1.807) is 24.3 Å². The highest BCUT2D eigenvalue weighted by Gasteiger charge is 2.18. The van der Waals surface area contributed by atoms with Gasteiger partial charge in [0.05, 0.1) is 12.8 Å². The van der Waals surface area contributed by atoms with E-state index in [-0.39, 0.29) is 17.4 Å². The van der Waals surface area contributed by atoms with E-state index in [4.69, 9.17) is 17.3 Å². The number of hydrogen-bond donors (Lipinski definition) is 1. The van der Waals surface area contributed by atoms with Crippen molar-refractivity contribution in [3.05, 3.63) is 41.0 Å². The number of hydrogen-bond acceptors (Lipinski definition) is 6. The molecule has 0 radical (unpaired) electrons. The van der Waals surface area contributed by atoms with Crippen LogP contribution in [0.2, 0.25) is 5.02 Å². The van der Waals surface area contributed by atoms with E-state index in [1.165, 1.54) is 11.5 Å². The SMILES string of the molecule is COC(=O)c1cc(-c2ccccc2Cl)n2c(N)nnc2n1. The fourth-order valence-electron chi connectivity index (χ4n) is 2.00. The van der Waals surface area contributed by atoms with Crippen LogP contribution in [0.15, 0.2) is 30.3 Å². The van der Waals surface area contributed by atoms with Crippen LogP contribution in [-0.2, 0) is 4.74 Å². The third-order valence-corrected chi connectivity index (χ3v) is 3.28. The number of aromatic nitrogens is 4. The minimum Gasteiger partial charge on any atom is -0.464 e. The molecular weight excluding hydrogens is 294 g/mol. The standard InChI is InChI=1S/C13H10ClN5O2/c1-21-11(20)9-6-10(7-4-2-3-5-8(7)14)19-12(15)17-18-13(19)16-9/h2-6H,1H3,(H2,15,17). The van der Waals surface area contributed by atoms with Crippen molar-refractivity contribution in [3.8, 4) is 11.3 Å². The summed E-state index contributed by atoms with van der Waals surface area (Å²) >= 11 is 6.21. The summed E-state index contributed by atoms with van der Waals surface area (Å²) in [6.45, 7) is 0. The zero-order chi connectivity index (χ0) is 15.0. The van der Waals surface area contributed by atoms with Crippen LogP contribution in [0.1, 0.15) is 10.5 Å². The molecule has 0 saturated carbocycles. The highest BCUT2D eigenvalue weighted by atomic mass is 35.5. The molecule has 2 N–H and O–H groups in total. The molecule has 0 aliphatic heterocycles. The van der Waals surface area contributed by atoms with Crippen LogP contribution in [0, 0.1) is 0 Å². The van der Waals surface area contributed by atoms with Gasteiger partial charge in [-0.1, -0.05) is 29.8 Å². The van der Waals surface area contributed by atoms with Crippen molar-refractivity contribution in [2.24, 2.45) is 0 Å². The smallest absolute Gasteiger partial charge is 0.356 e. The van der Waals surface area contributed by atoms with E-state index in [0.29, 0.717) is 16.3 Å². The summed E-state index contributed by atoms with van der Waals surface area (Å²) in [6, 6.07) is 8.71. The molecule has 0 bridgehead atoms. The molecule has 0 aliphatic carbocycles. The zero-order valence-corrected chi connectivity index (χ0v) is 11.7. The van der Waals surface area contributed by atoms with Crippen molar-refractivity contribution in [1.82, 2.24) is 19.6 Å². The van der Waals surface area contributed by atoms with Crippen molar-refractivity contribution in [2.75, 3.05) is 12.8 Å². The van der Waals surface area contributed by atoms with Gasteiger partial charge in [-0.25, -0.2) is 14.2 Å². The van der Waals surface area contributed by atoms with E-state index in [9.17, 15) is 4.79 Å². The quantitative estimate of drug-likeness (QED) is 0.725. The molecule has 0 spiro atoms. The first-order valence-corrected chi connectivity index (χ1v) is 6.34. The van der Waals surface area contributed by atoms with Crippen molar-refractivity contribution >= 4 is 29.3 Å². The van der Waals surface area contributed by atoms with E-state index < -0.39 is 5.97 Å². The Morgan fingerprint density at radius 1 is 1.33 bits per heavy atom. The number of nitrogen functional groups attached to an aromatic ring is 1. The molecule has 0 fully saturated rings. The number of benzene rings is 1. The molecule has 0 unspecified atom stereocenters. The molecule has 21 heavy (non-hydrogen) atoms. The number of nitrogens with two attached hydrogens (primary N) is 1. The minimum absolute atomic E-state index is 0.104. The van der Waals surface area contributed by atoms with Gasteiger partial charge in [0, 0.05) is 10.6 Å². The van der Waals surface area contributed by atoms with E-state index in [0.717, 1.165) is 0 Å². The van der Waals surface area contributed by atoms with E-state index >= 15 is 0 Å². The Morgan fingerprint density at radius 2 is 2.10 bits per heavy atom. The molecule has 0 saturated heterocycles. The van der Waals surface area contributed by atoms with E-state index in [1.807, 2.05) is 6.07 Å². The second-order valence-corrected chi connectivity index (χ2v) is 4.60. The lowest BCUT2D eigenvalue weighted by Gasteiger charge is -2.09. The molecule has 2 aromatic heterocycles. The van der Waals surface area contributed by atoms with Gasteiger partial charge in [0.25, 0.3) is 5.78 Å². The summed E-state index contributed by atoms with van der Waals surface area (Å²) in [4.78, 5) is 15.8. The van der Waals surface area contributed by atoms with Crippen molar-refractivity contribution < 1.29 is 9.53 Å². The normalized spacial score (nSPS) is 10.8. The van der Waals surface area contributed by atoms with Crippen LogP contribution in [0.3, 0.4) is 0 Å². The molecule has 1 aromatic carbocycles. The number of methoxy groups -OCH3 is 1. The fourth-order valence-corrected chi connectivity index (χ4v) is 2.23. The Kier molecular flexibility index (Phi) is 3.19. The lowest BCUT2D eigenvalue weighted by atomic mass is 10.1. The lowest BCUT2D eigenvalue weighted by Crippen LogP contribution is -2.08. The Labute approximate surface area is 124 Å². The summed E-state index contributed by atoms with van der Waals surface area (Å²) in [6.07, 6.45) is 0. The van der Waals surface area contributed by atoms with Crippen LogP contribution >= 0.6 is 11.6 Å². The highest BCUT2D eigenvalue weighted by molar-refractivity contribution is 6.33.